The zero-order valence-corrected chi connectivity index (χ0v) is 12.1. The summed E-state index contributed by atoms with van der Waals surface area (Å²) in [5.74, 6) is 1.67. The average Bonchev–Trinajstić information content (AvgIpc) is 2.30. The molecular formula is C17H25N. The first-order valence-electron chi connectivity index (χ1n) is 7.37. The van der Waals surface area contributed by atoms with Gasteiger partial charge in [0.15, 0.2) is 0 Å². The summed E-state index contributed by atoms with van der Waals surface area (Å²) < 4.78 is 0. The normalized spacial score (nSPS) is 33.2. The van der Waals surface area contributed by atoms with Gasteiger partial charge >= 0.3 is 0 Å². The van der Waals surface area contributed by atoms with Crippen LogP contribution in [0.15, 0.2) is 18.2 Å². The Kier molecular flexibility index (Phi) is 2.69. The van der Waals surface area contributed by atoms with Crippen LogP contribution in [0.25, 0.3) is 0 Å². The van der Waals surface area contributed by atoms with Crippen LogP contribution in [0.2, 0.25) is 0 Å². The van der Waals surface area contributed by atoms with E-state index >= 15 is 0 Å². The number of hydrogen-bond donors (Lipinski definition) is 1. The van der Waals surface area contributed by atoms with Crippen molar-refractivity contribution < 1.29 is 0 Å². The quantitative estimate of drug-likeness (QED) is 0.707. The summed E-state index contributed by atoms with van der Waals surface area (Å²) in [6, 6.07) is 7.44. The standard InChI is InChI=1S/C17H25N/c1-11-8-9-13-15(10-11)18-16-12(2)6-5-7-14(16)17(13,3)4/h5-7,11,13,15,18H,8-10H2,1-4H3/t11-,13+,15+/m1/s1. The Morgan fingerprint density at radius 3 is 2.78 bits per heavy atom. The second-order valence-corrected chi connectivity index (χ2v) is 6.99. The van der Waals surface area contributed by atoms with Gasteiger partial charge in [0.1, 0.15) is 0 Å². The molecule has 0 bridgehead atoms. The van der Waals surface area contributed by atoms with Crippen LogP contribution in [0.4, 0.5) is 5.69 Å². The molecule has 0 spiro atoms. The maximum absolute atomic E-state index is 3.85. The molecule has 1 fully saturated rings. The van der Waals surface area contributed by atoms with Gasteiger partial charge in [-0.1, -0.05) is 45.4 Å². The molecule has 0 unspecified atom stereocenters. The van der Waals surface area contributed by atoms with Crippen molar-refractivity contribution >= 4 is 5.69 Å². The fraction of sp³-hybridized carbons (Fsp3) is 0.647. The van der Waals surface area contributed by atoms with Gasteiger partial charge in [0.05, 0.1) is 0 Å². The highest BCUT2D eigenvalue weighted by Crippen LogP contribution is 2.49. The van der Waals surface area contributed by atoms with Gasteiger partial charge in [-0.25, -0.2) is 0 Å². The van der Waals surface area contributed by atoms with E-state index in [1.165, 1.54) is 36.1 Å². The summed E-state index contributed by atoms with van der Waals surface area (Å²) in [5, 5.41) is 3.85. The molecule has 0 amide bonds. The fourth-order valence-electron chi connectivity index (χ4n) is 4.19. The number of hydrogen-bond acceptors (Lipinski definition) is 1. The van der Waals surface area contributed by atoms with Crippen molar-refractivity contribution in [3.05, 3.63) is 29.3 Å². The van der Waals surface area contributed by atoms with Crippen LogP contribution in [-0.4, -0.2) is 6.04 Å². The molecule has 3 atom stereocenters. The molecular weight excluding hydrogens is 218 g/mol. The van der Waals surface area contributed by atoms with Crippen molar-refractivity contribution in [1.29, 1.82) is 0 Å². The number of benzene rings is 1. The molecule has 2 aliphatic rings. The van der Waals surface area contributed by atoms with Gasteiger partial charge in [-0.05, 0) is 48.1 Å². The van der Waals surface area contributed by atoms with Crippen LogP contribution < -0.4 is 5.32 Å². The molecule has 98 valence electrons. The fourth-order valence-corrected chi connectivity index (χ4v) is 4.19. The minimum atomic E-state index is 0.317. The Bertz CT molecular complexity index is 461. The molecule has 0 radical (unpaired) electrons. The third-order valence-electron chi connectivity index (χ3n) is 5.34. The second kappa shape index (κ2) is 4.01. The number of fused-ring (bicyclic) bond motifs is 2. The first-order chi connectivity index (χ1) is 8.50. The summed E-state index contributed by atoms with van der Waals surface area (Å²) in [6.45, 7) is 9.52. The summed E-state index contributed by atoms with van der Waals surface area (Å²) >= 11 is 0. The van der Waals surface area contributed by atoms with Gasteiger partial charge in [0.25, 0.3) is 0 Å². The molecule has 1 N–H and O–H groups in total. The SMILES string of the molecule is Cc1cccc2c1N[C@H]1C[C@H](C)CC[C@@H]1C2(C)C. The van der Waals surface area contributed by atoms with E-state index in [0.29, 0.717) is 11.5 Å². The lowest BCUT2D eigenvalue weighted by Gasteiger charge is -2.50. The smallest absolute Gasteiger partial charge is 0.0410 e. The maximum atomic E-state index is 3.85. The second-order valence-electron chi connectivity index (χ2n) is 6.99. The van der Waals surface area contributed by atoms with Crippen LogP contribution in [0.1, 0.15) is 51.2 Å². The molecule has 1 aromatic rings. The van der Waals surface area contributed by atoms with E-state index in [4.69, 9.17) is 0 Å². The van der Waals surface area contributed by atoms with Crippen molar-refractivity contribution in [2.45, 2.75) is 58.4 Å². The van der Waals surface area contributed by atoms with Crippen LogP contribution in [-0.2, 0) is 5.41 Å². The van der Waals surface area contributed by atoms with Crippen LogP contribution in [0, 0.1) is 18.8 Å². The molecule has 3 rings (SSSR count). The van der Waals surface area contributed by atoms with Gasteiger partial charge < -0.3 is 5.32 Å². The van der Waals surface area contributed by atoms with E-state index in [1.54, 1.807) is 0 Å². The molecule has 18 heavy (non-hydrogen) atoms. The highest BCUT2D eigenvalue weighted by molar-refractivity contribution is 5.63. The first kappa shape index (κ1) is 12.1. The third kappa shape index (κ3) is 1.67. The Morgan fingerprint density at radius 1 is 1.22 bits per heavy atom. The van der Waals surface area contributed by atoms with E-state index in [-0.39, 0.29) is 0 Å². The van der Waals surface area contributed by atoms with Crippen LogP contribution in [0.3, 0.4) is 0 Å². The summed E-state index contributed by atoms with van der Waals surface area (Å²) in [4.78, 5) is 0. The molecule has 0 saturated heterocycles. The minimum Gasteiger partial charge on any atom is -0.382 e. The molecule has 1 aliphatic carbocycles. The zero-order valence-electron chi connectivity index (χ0n) is 12.1. The minimum absolute atomic E-state index is 0.317. The number of aryl methyl sites for hydroxylation is 1. The molecule has 0 aromatic heterocycles. The number of rotatable bonds is 0. The van der Waals surface area contributed by atoms with Crippen LogP contribution in [0.5, 0.6) is 0 Å². The topological polar surface area (TPSA) is 12.0 Å². The average molecular weight is 243 g/mol. The summed E-state index contributed by atoms with van der Waals surface area (Å²) in [6.07, 6.45) is 4.11. The lowest BCUT2D eigenvalue weighted by molar-refractivity contribution is 0.173. The van der Waals surface area contributed by atoms with Crippen molar-refractivity contribution in [1.82, 2.24) is 0 Å². The van der Waals surface area contributed by atoms with Gasteiger partial charge in [-0.15, -0.1) is 0 Å². The largest absolute Gasteiger partial charge is 0.382 e. The van der Waals surface area contributed by atoms with E-state index in [2.05, 4.69) is 51.2 Å². The highest BCUT2D eigenvalue weighted by atomic mass is 15.0. The van der Waals surface area contributed by atoms with Crippen molar-refractivity contribution in [3.8, 4) is 0 Å². The Balaban J connectivity index is 2.07. The maximum Gasteiger partial charge on any atom is 0.0410 e. The van der Waals surface area contributed by atoms with E-state index in [1.807, 2.05) is 0 Å². The van der Waals surface area contributed by atoms with Gasteiger partial charge in [0, 0.05) is 11.7 Å². The summed E-state index contributed by atoms with van der Waals surface area (Å²) in [7, 11) is 0. The van der Waals surface area contributed by atoms with Gasteiger partial charge in [0.2, 0.25) is 0 Å². The molecule has 1 nitrogen and oxygen atoms in total. The molecule has 1 heteroatoms. The Labute approximate surface area is 111 Å². The first-order valence-corrected chi connectivity index (χ1v) is 7.37. The zero-order chi connectivity index (χ0) is 12.9. The Morgan fingerprint density at radius 2 is 2.00 bits per heavy atom. The van der Waals surface area contributed by atoms with Gasteiger partial charge in [-0.3, -0.25) is 0 Å². The predicted octanol–water partition coefficient (Wildman–Crippen LogP) is 4.50. The van der Waals surface area contributed by atoms with E-state index < -0.39 is 0 Å². The lowest BCUT2D eigenvalue weighted by atomic mass is 9.61. The van der Waals surface area contributed by atoms with Crippen LogP contribution >= 0.6 is 0 Å². The third-order valence-corrected chi connectivity index (χ3v) is 5.34. The number of para-hydroxylation sites is 1. The van der Waals surface area contributed by atoms with Crippen molar-refractivity contribution in [3.63, 3.8) is 0 Å². The van der Waals surface area contributed by atoms with Crippen molar-refractivity contribution in [2.75, 3.05) is 5.32 Å². The molecule has 1 aromatic carbocycles. The van der Waals surface area contributed by atoms with Gasteiger partial charge in [-0.2, -0.15) is 0 Å². The molecule has 1 heterocycles. The highest BCUT2D eigenvalue weighted by Gasteiger charge is 2.44. The number of nitrogens with one attached hydrogen (secondary N) is 1. The van der Waals surface area contributed by atoms with Crippen molar-refractivity contribution in [2.24, 2.45) is 11.8 Å². The molecule has 1 saturated carbocycles. The van der Waals surface area contributed by atoms with E-state index in [0.717, 1.165) is 11.8 Å². The molecule has 1 aliphatic heterocycles. The Hall–Kier alpha value is -0.980. The predicted molar refractivity (Wildman–Crippen MR) is 78.1 cm³/mol. The summed E-state index contributed by atoms with van der Waals surface area (Å²) in [5.41, 5.74) is 4.66. The lowest BCUT2D eigenvalue weighted by Crippen LogP contribution is -2.49. The monoisotopic (exact) mass is 243 g/mol. The number of anilines is 1. The van der Waals surface area contributed by atoms with E-state index in [9.17, 15) is 0 Å².